The zero-order valence-electron chi connectivity index (χ0n) is 9.96. The third-order valence-electron chi connectivity index (χ3n) is 3.62. The van der Waals surface area contributed by atoms with Crippen LogP contribution in [0.3, 0.4) is 0 Å². The summed E-state index contributed by atoms with van der Waals surface area (Å²) < 4.78 is 13.5. The summed E-state index contributed by atoms with van der Waals surface area (Å²) in [6, 6.07) is 7.39. The van der Waals surface area contributed by atoms with Crippen LogP contribution in [0.1, 0.15) is 31.2 Å². The van der Waals surface area contributed by atoms with E-state index in [1.807, 2.05) is 12.1 Å². The second-order valence-corrected chi connectivity index (χ2v) is 5.09. The van der Waals surface area contributed by atoms with Crippen molar-refractivity contribution in [3.8, 4) is 0 Å². The molecule has 1 aromatic carbocycles. The van der Waals surface area contributed by atoms with Crippen molar-refractivity contribution in [1.29, 1.82) is 0 Å². The summed E-state index contributed by atoms with van der Waals surface area (Å²) in [5, 5.41) is 3.46. The van der Waals surface area contributed by atoms with E-state index in [0.717, 1.165) is 12.0 Å². The van der Waals surface area contributed by atoms with Crippen molar-refractivity contribution in [1.82, 2.24) is 5.32 Å². The lowest BCUT2D eigenvalue weighted by molar-refractivity contribution is 0.281. The fourth-order valence-electron chi connectivity index (χ4n) is 2.54. The minimum absolute atomic E-state index is 0.127. The van der Waals surface area contributed by atoms with Crippen molar-refractivity contribution in [3.05, 3.63) is 35.6 Å². The molecule has 0 amide bonds. The van der Waals surface area contributed by atoms with E-state index >= 15 is 0 Å². The van der Waals surface area contributed by atoms with Gasteiger partial charge in [0.1, 0.15) is 5.82 Å². The normalized spacial score (nSPS) is 24.8. The number of hydrogen-bond donors (Lipinski definition) is 1. The highest BCUT2D eigenvalue weighted by Gasteiger charge is 2.23. The van der Waals surface area contributed by atoms with Gasteiger partial charge in [-0.3, -0.25) is 0 Å². The Morgan fingerprint density at radius 1 is 1.24 bits per heavy atom. The number of hydrogen-bond acceptors (Lipinski definition) is 1. The minimum Gasteiger partial charge on any atom is -0.309 e. The Bertz CT molecular complexity index is 356. The molecule has 0 bridgehead atoms. The van der Waals surface area contributed by atoms with Crippen LogP contribution in [0.4, 0.5) is 4.39 Å². The van der Waals surface area contributed by atoms with Crippen LogP contribution in [0, 0.1) is 11.7 Å². The zero-order valence-corrected chi connectivity index (χ0v) is 10.7. The van der Waals surface area contributed by atoms with E-state index in [9.17, 15) is 4.39 Å². The SMILES string of the molecule is Fc1ccccc1CNC1CCCCC1CCl. The number of alkyl halides is 1. The maximum atomic E-state index is 13.5. The average molecular weight is 256 g/mol. The molecule has 2 rings (SSSR count). The molecule has 0 spiro atoms. The minimum atomic E-state index is -0.127. The Kier molecular flexibility index (Phi) is 4.81. The first-order valence-corrected chi connectivity index (χ1v) is 6.87. The van der Waals surface area contributed by atoms with Crippen molar-refractivity contribution >= 4 is 11.6 Å². The molecule has 1 nitrogen and oxygen atoms in total. The van der Waals surface area contributed by atoms with E-state index in [0.29, 0.717) is 24.4 Å². The summed E-state index contributed by atoms with van der Waals surface area (Å²) in [6.45, 7) is 0.602. The summed E-state index contributed by atoms with van der Waals surface area (Å²) in [5.41, 5.74) is 0.742. The van der Waals surface area contributed by atoms with Crippen LogP contribution in [0.5, 0.6) is 0 Å². The highest BCUT2D eigenvalue weighted by molar-refractivity contribution is 6.18. The third-order valence-corrected chi connectivity index (χ3v) is 4.02. The van der Waals surface area contributed by atoms with Crippen molar-refractivity contribution in [2.75, 3.05) is 5.88 Å². The van der Waals surface area contributed by atoms with Gasteiger partial charge < -0.3 is 5.32 Å². The number of halogens is 2. The van der Waals surface area contributed by atoms with Crippen molar-refractivity contribution in [3.63, 3.8) is 0 Å². The van der Waals surface area contributed by atoms with E-state index in [1.165, 1.54) is 25.3 Å². The number of nitrogens with one attached hydrogen (secondary N) is 1. The molecule has 1 aliphatic rings. The highest BCUT2D eigenvalue weighted by Crippen LogP contribution is 2.25. The lowest BCUT2D eigenvalue weighted by atomic mass is 9.85. The third kappa shape index (κ3) is 3.43. The summed E-state index contributed by atoms with van der Waals surface area (Å²) in [5.74, 6) is 1.12. The molecular formula is C14H19ClFN. The first-order valence-electron chi connectivity index (χ1n) is 6.34. The molecule has 2 atom stereocenters. The largest absolute Gasteiger partial charge is 0.309 e. The monoisotopic (exact) mass is 255 g/mol. The molecule has 1 N–H and O–H groups in total. The fourth-order valence-corrected chi connectivity index (χ4v) is 2.91. The van der Waals surface area contributed by atoms with Crippen molar-refractivity contribution in [2.24, 2.45) is 5.92 Å². The van der Waals surface area contributed by atoms with Crippen LogP contribution in [-0.4, -0.2) is 11.9 Å². The smallest absolute Gasteiger partial charge is 0.127 e. The second-order valence-electron chi connectivity index (χ2n) is 4.78. The van der Waals surface area contributed by atoms with E-state index in [-0.39, 0.29) is 5.82 Å². The molecule has 1 aromatic rings. The summed E-state index contributed by atoms with van der Waals surface area (Å²) >= 11 is 5.97. The Balaban J connectivity index is 1.90. The Hall–Kier alpha value is -0.600. The predicted octanol–water partition coefficient (Wildman–Crippen LogP) is 3.71. The zero-order chi connectivity index (χ0) is 12.1. The molecule has 17 heavy (non-hydrogen) atoms. The van der Waals surface area contributed by atoms with Crippen molar-refractivity contribution in [2.45, 2.75) is 38.3 Å². The summed E-state index contributed by atoms with van der Waals surface area (Å²) in [6.07, 6.45) is 4.88. The van der Waals surface area contributed by atoms with Gasteiger partial charge in [0.15, 0.2) is 0 Å². The molecule has 0 saturated heterocycles. The number of benzene rings is 1. The van der Waals surface area contributed by atoms with E-state index < -0.39 is 0 Å². The molecule has 0 heterocycles. The maximum absolute atomic E-state index is 13.5. The van der Waals surface area contributed by atoms with Crippen molar-refractivity contribution < 1.29 is 4.39 Å². The Labute approximate surface area is 107 Å². The van der Waals surface area contributed by atoms with Gasteiger partial charge in [0, 0.05) is 24.0 Å². The van der Waals surface area contributed by atoms with Gasteiger partial charge in [-0.25, -0.2) is 4.39 Å². The molecule has 94 valence electrons. The molecule has 2 unspecified atom stereocenters. The van der Waals surface area contributed by atoms with Gasteiger partial charge in [0.2, 0.25) is 0 Å². The molecular weight excluding hydrogens is 237 g/mol. The second kappa shape index (κ2) is 6.36. The van der Waals surface area contributed by atoms with Crippen LogP contribution in [0.2, 0.25) is 0 Å². The maximum Gasteiger partial charge on any atom is 0.127 e. The van der Waals surface area contributed by atoms with Crippen LogP contribution >= 0.6 is 11.6 Å². The molecule has 1 aliphatic carbocycles. The summed E-state index contributed by atoms with van der Waals surface area (Å²) in [7, 11) is 0. The molecule has 3 heteroatoms. The lowest BCUT2D eigenvalue weighted by Gasteiger charge is -2.31. The van der Waals surface area contributed by atoms with Gasteiger partial charge in [-0.2, -0.15) is 0 Å². The van der Waals surface area contributed by atoms with Gasteiger partial charge in [-0.15, -0.1) is 11.6 Å². The van der Waals surface area contributed by atoms with Gasteiger partial charge in [-0.05, 0) is 24.8 Å². The molecule has 0 radical (unpaired) electrons. The van der Waals surface area contributed by atoms with Gasteiger partial charge in [0.25, 0.3) is 0 Å². The topological polar surface area (TPSA) is 12.0 Å². The Morgan fingerprint density at radius 3 is 2.76 bits per heavy atom. The van der Waals surface area contributed by atoms with Crippen LogP contribution in [-0.2, 0) is 6.54 Å². The average Bonchev–Trinajstić information content (AvgIpc) is 2.38. The lowest BCUT2D eigenvalue weighted by Crippen LogP contribution is -2.39. The first kappa shape index (κ1) is 12.8. The quantitative estimate of drug-likeness (QED) is 0.809. The van der Waals surface area contributed by atoms with Gasteiger partial charge in [0.05, 0.1) is 0 Å². The number of rotatable bonds is 4. The van der Waals surface area contributed by atoms with E-state index in [2.05, 4.69) is 5.32 Å². The summed E-state index contributed by atoms with van der Waals surface area (Å²) in [4.78, 5) is 0. The Morgan fingerprint density at radius 2 is 2.00 bits per heavy atom. The highest BCUT2D eigenvalue weighted by atomic mass is 35.5. The van der Waals surface area contributed by atoms with Gasteiger partial charge >= 0.3 is 0 Å². The van der Waals surface area contributed by atoms with Crippen LogP contribution in [0.25, 0.3) is 0 Å². The standard InChI is InChI=1S/C14H19ClFN/c15-9-11-5-2-4-8-14(11)17-10-12-6-1-3-7-13(12)16/h1,3,6-7,11,14,17H,2,4-5,8-10H2. The first-order chi connectivity index (χ1) is 8.31. The van der Waals surface area contributed by atoms with Crippen LogP contribution in [0.15, 0.2) is 24.3 Å². The van der Waals surface area contributed by atoms with Gasteiger partial charge in [-0.1, -0.05) is 31.0 Å². The molecule has 1 saturated carbocycles. The fraction of sp³-hybridized carbons (Fsp3) is 0.571. The predicted molar refractivity (Wildman–Crippen MR) is 69.7 cm³/mol. The van der Waals surface area contributed by atoms with E-state index in [1.54, 1.807) is 6.07 Å². The molecule has 1 fully saturated rings. The van der Waals surface area contributed by atoms with E-state index in [4.69, 9.17) is 11.6 Å². The molecule has 0 aliphatic heterocycles. The molecule has 0 aromatic heterocycles. The van der Waals surface area contributed by atoms with Crippen LogP contribution < -0.4 is 5.32 Å².